The number of hydrogen-bond donors (Lipinski definition) is 0. The third-order valence-electron chi connectivity index (χ3n) is 1.61. The van der Waals surface area contributed by atoms with Crippen LogP contribution in [0.15, 0.2) is 12.7 Å². The molecule has 0 radical (unpaired) electrons. The van der Waals surface area contributed by atoms with Crippen molar-refractivity contribution < 1.29 is 23.9 Å². The highest BCUT2D eigenvalue weighted by molar-refractivity contribution is 6.00. The second-order valence-corrected chi connectivity index (χ2v) is 2.79. The summed E-state index contributed by atoms with van der Waals surface area (Å²) in [5, 5.41) is 0. The molecule has 5 nitrogen and oxygen atoms in total. The Morgan fingerprint density at radius 3 is 2.69 bits per heavy atom. The van der Waals surface area contributed by atoms with Crippen LogP contribution in [0.1, 0.15) is 13.3 Å². The van der Waals surface area contributed by atoms with E-state index in [-0.39, 0.29) is 6.42 Å². The zero-order valence-corrected chi connectivity index (χ0v) is 7.03. The van der Waals surface area contributed by atoms with E-state index >= 15 is 0 Å². The summed E-state index contributed by atoms with van der Waals surface area (Å²) in [5.74, 6) is -2.29. The lowest BCUT2D eigenvalue weighted by Gasteiger charge is -2.16. The first-order chi connectivity index (χ1) is 5.98. The Bertz CT molecular complexity index is 293. The molecule has 0 aromatic carbocycles. The van der Waals surface area contributed by atoms with Crippen LogP contribution < -0.4 is 0 Å². The van der Waals surface area contributed by atoms with E-state index in [0.717, 1.165) is 6.08 Å². The molecule has 0 N–H and O–H groups in total. The third-order valence-corrected chi connectivity index (χ3v) is 1.61. The van der Waals surface area contributed by atoms with Gasteiger partial charge in [0.1, 0.15) is 0 Å². The molecule has 1 heterocycles. The summed E-state index contributed by atoms with van der Waals surface area (Å²) in [4.78, 5) is 32.4. The molecule has 5 heteroatoms. The van der Waals surface area contributed by atoms with E-state index in [1.807, 2.05) is 0 Å². The van der Waals surface area contributed by atoms with Crippen molar-refractivity contribution in [2.24, 2.45) is 0 Å². The summed E-state index contributed by atoms with van der Waals surface area (Å²) >= 11 is 0. The Balaban J connectivity index is 2.76. The van der Waals surface area contributed by atoms with Crippen molar-refractivity contribution in [2.75, 3.05) is 0 Å². The molecule has 1 saturated heterocycles. The lowest BCUT2D eigenvalue weighted by atomic mass is 10.1. The Labute approximate surface area is 74.3 Å². The fourth-order valence-corrected chi connectivity index (χ4v) is 0.936. The molecule has 0 aromatic heterocycles. The molecule has 0 aromatic rings. The summed E-state index contributed by atoms with van der Waals surface area (Å²) in [6.07, 6.45) is 0.673. The molecule has 70 valence electrons. The second kappa shape index (κ2) is 3.01. The van der Waals surface area contributed by atoms with Crippen LogP contribution in [0.4, 0.5) is 0 Å². The minimum absolute atomic E-state index is 0.245. The van der Waals surface area contributed by atoms with E-state index in [2.05, 4.69) is 16.1 Å². The van der Waals surface area contributed by atoms with Gasteiger partial charge in [0.05, 0.1) is 6.42 Å². The van der Waals surface area contributed by atoms with E-state index in [9.17, 15) is 14.4 Å². The molecule has 0 aliphatic carbocycles. The SMILES string of the molecule is C=CC(=O)OC1(C)CC(=O)OC1=O. The highest BCUT2D eigenvalue weighted by Gasteiger charge is 2.48. The zero-order valence-electron chi connectivity index (χ0n) is 7.03. The zero-order chi connectivity index (χ0) is 10.1. The summed E-state index contributed by atoms with van der Waals surface area (Å²) in [5.41, 5.74) is -1.48. The van der Waals surface area contributed by atoms with Gasteiger partial charge in [0.2, 0.25) is 5.60 Å². The maximum atomic E-state index is 11.0. The molecular formula is C8H8O5. The minimum Gasteiger partial charge on any atom is -0.444 e. The van der Waals surface area contributed by atoms with Gasteiger partial charge in [0, 0.05) is 6.08 Å². The summed E-state index contributed by atoms with van der Waals surface area (Å²) < 4.78 is 8.91. The van der Waals surface area contributed by atoms with Gasteiger partial charge in [-0.05, 0) is 6.92 Å². The number of esters is 3. The van der Waals surface area contributed by atoms with Crippen molar-refractivity contribution in [2.45, 2.75) is 18.9 Å². The first-order valence-corrected chi connectivity index (χ1v) is 3.58. The quantitative estimate of drug-likeness (QED) is 0.342. The first kappa shape index (κ1) is 9.44. The van der Waals surface area contributed by atoms with Crippen LogP contribution in [0, 0.1) is 0 Å². The lowest BCUT2D eigenvalue weighted by Crippen LogP contribution is -2.35. The standard InChI is InChI=1S/C8H8O5/c1-3-5(9)13-8(2)4-6(10)12-7(8)11/h3H,1,4H2,2H3. The molecule has 0 bridgehead atoms. The second-order valence-electron chi connectivity index (χ2n) is 2.79. The molecule has 1 unspecified atom stereocenters. The molecule has 1 aliphatic heterocycles. The minimum atomic E-state index is -1.48. The maximum absolute atomic E-state index is 11.0. The van der Waals surface area contributed by atoms with Crippen LogP contribution in [0.5, 0.6) is 0 Å². The van der Waals surface area contributed by atoms with Gasteiger partial charge in [0.25, 0.3) is 0 Å². The number of rotatable bonds is 2. The lowest BCUT2D eigenvalue weighted by molar-refractivity contribution is -0.168. The average Bonchev–Trinajstić information content (AvgIpc) is 2.25. The molecular weight excluding hydrogens is 176 g/mol. The van der Waals surface area contributed by atoms with E-state index in [4.69, 9.17) is 0 Å². The van der Waals surface area contributed by atoms with Crippen LogP contribution in [0.25, 0.3) is 0 Å². The van der Waals surface area contributed by atoms with Crippen molar-refractivity contribution in [3.63, 3.8) is 0 Å². The number of hydrogen-bond acceptors (Lipinski definition) is 5. The molecule has 1 aliphatic rings. The molecule has 1 fully saturated rings. The monoisotopic (exact) mass is 184 g/mol. The van der Waals surface area contributed by atoms with E-state index in [1.54, 1.807) is 0 Å². The summed E-state index contributed by atoms with van der Waals surface area (Å²) in [6, 6.07) is 0. The molecule has 0 amide bonds. The number of ether oxygens (including phenoxy) is 2. The first-order valence-electron chi connectivity index (χ1n) is 3.58. The topological polar surface area (TPSA) is 69.7 Å². The van der Waals surface area contributed by atoms with Gasteiger partial charge >= 0.3 is 17.9 Å². The molecule has 0 spiro atoms. The molecule has 13 heavy (non-hydrogen) atoms. The Morgan fingerprint density at radius 1 is 1.69 bits per heavy atom. The maximum Gasteiger partial charge on any atom is 0.358 e. The van der Waals surface area contributed by atoms with E-state index in [0.29, 0.717) is 0 Å². The van der Waals surface area contributed by atoms with Crippen molar-refractivity contribution >= 4 is 17.9 Å². The number of carbonyl (C=O) groups is 3. The van der Waals surface area contributed by atoms with Gasteiger partial charge in [0.15, 0.2) is 0 Å². The number of carbonyl (C=O) groups excluding carboxylic acids is 3. The van der Waals surface area contributed by atoms with Crippen LogP contribution in [-0.2, 0) is 23.9 Å². The fourth-order valence-electron chi connectivity index (χ4n) is 0.936. The van der Waals surface area contributed by atoms with Crippen LogP contribution in [-0.4, -0.2) is 23.5 Å². The van der Waals surface area contributed by atoms with Crippen LogP contribution in [0.3, 0.4) is 0 Å². The fraction of sp³-hybridized carbons (Fsp3) is 0.375. The smallest absolute Gasteiger partial charge is 0.358 e. The van der Waals surface area contributed by atoms with Crippen molar-refractivity contribution in [1.29, 1.82) is 0 Å². The predicted octanol–water partition coefficient (Wildman–Crippen LogP) is -0.0522. The summed E-state index contributed by atoms with van der Waals surface area (Å²) in [7, 11) is 0. The Morgan fingerprint density at radius 2 is 2.31 bits per heavy atom. The normalized spacial score (nSPS) is 26.8. The van der Waals surface area contributed by atoms with Gasteiger partial charge in [-0.15, -0.1) is 0 Å². The van der Waals surface area contributed by atoms with E-state index < -0.39 is 23.5 Å². The van der Waals surface area contributed by atoms with E-state index in [1.165, 1.54) is 6.92 Å². The van der Waals surface area contributed by atoms with Crippen LogP contribution in [0.2, 0.25) is 0 Å². The highest BCUT2D eigenvalue weighted by atomic mass is 16.6. The van der Waals surface area contributed by atoms with Crippen molar-refractivity contribution in [1.82, 2.24) is 0 Å². The van der Waals surface area contributed by atoms with Crippen molar-refractivity contribution in [3.05, 3.63) is 12.7 Å². The van der Waals surface area contributed by atoms with Gasteiger partial charge in [-0.25, -0.2) is 9.59 Å². The third kappa shape index (κ3) is 1.74. The van der Waals surface area contributed by atoms with Gasteiger partial charge in [-0.2, -0.15) is 0 Å². The van der Waals surface area contributed by atoms with Gasteiger partial charge < -0.3 is 9.47 Å². The Kier molecular flexibility index (Phi) is 2.18. The van der Waals surface area contributed by atoms with Gasteiger partial charge in [-0.3, -0.25) is 4.79 Å². The van der Waals surface area contributed by atoms with Crippen LogP contribution >= 0.6 is 0 Å². The summed E-state index contributed by atoms with van der Waals surface area (Å²) in [6.45, 7) is 4.49. The Hall–Kier alpha value is -1.65. The molecule has 1 atom stereocenters. The largest absolute Gasteiger partial charge is 0.444 e. The van der Waals surface area contributed by atoms with Crippen molar-refractivity contribution in [3.8, 4) is 0 Å². The molecule has 0 saturated carbocycles. The highest BCUT2D eigenvalue weighted by Crippen LogP contribution is 2.25. The number of cyclic esters (lactones) is 2. The predicted molar refractivity (Wildman–Crippen MR) is 40.4 cm³/mol. The average molecular weight is 184 g/mol. The van der Waals surface area contributed by atoms with Gasteiger partial charge in [-0.1, -0.05) is 6.58 Å². The molecule has 1 rings (SSSR count).